The minimum atomic E-state index is 0.501. The molecule has 0 saturated carbocycles. The molecule has 2 heteroatoms. The summed E-state index contributed by atoms with van der Waals surface area (Å²) in [6, 6.07) is 10.8. The first-order valence-corrected chi connectivity index (χ1v) is 12.3. The normalized spacial score (nSPS) is 11.4. The Balaban J connectivity index is 1.65. The predicted molar refractivity (Wildman–Crippen MR) is 127 cm³/mol. The molecular weight excluding hydrogens is 352 g/mol. The van der Waals surface area contributed by atoms with Gasteiger partial charge in [-0.1, -0.05) is 109 Å². The average Bonchev–Trinajstić information content (AvgIpc) is 3.13. The molecular formula is C27H44N2. The van der Waals surface area contributed by atoms with Gasteiger partial charge in [0.2, 0.25) is 0 Å². The molecule has 0 fully saturated rings. The van der Waals surface area contributed by atoms with Crippen LogP contribution in [0.5, 0.6) is 0 Å². The summed E-state index contributed by atoms with van der Waals surface area (Å²) in [6.45, 7) is 7.96. The molecule has 2 nitrogen and oxygen atoms in total. The molecule has 0 aliphatic rings. The highest BCUT2D eigenvalue weighted by molar-refractivity contribution is 5.15. The smallest absolute Gasteiger partial charge is 0.111 e. The Kier molecular flexibility index (Phi) is 11.8. The topological polar surface area (TPSA) is 17.8 Å². The standard InChI is InChI=1S/C27H44N2/c1-4-5-6-7-8-9-10-11-12-16-22-29-23-26(28-27(29)24(2)3)21-17-20-25-18-14-13-15-19-25/h13-15,18-19,23-24H,4-12,16-17,20-22H2,1-3H3. The molecule has 2 aromatic rings. The van der Waals surface area contributed by atoms with E-state index in [0.717, 1.165) is 19.4 Å². The lowest BCUT2D eigenvalue weighted by Gasteiger charge is -2.10. The predicted octanol–water partition coefficient (Wildman–Crippen LogP) is 8.10. The van der Waals surface area contributed by atoms with Gasteiger partial charge in [0.25, 0.3) is 0 Å². The van der Waals surface area contributed by atoms with Gasteiger partial charge < -0.3 is 4.57 Å². The third-order valence-electron chi connectivity index (χ3n) is 5.87. The van der Waals surface area contributed by atoms with Gasteiger partial charge in [0.05, 0.1) is 5.69 Å². The van der Waals surface area contributed by atoms with Gasteiger partial charge in [-0.25, -0.2) is 4.98 Å². The molecule has 0 unspecified atom stereocenters. The maximum atomic E-state index is 4.97. The Morgan fingerprint density at radius 3 is 2.00 bits per heavy atom. The van der Waals surface area contributed by atoms with E-state index in [4.69, 9.17) is 4.98 Å². The first-order chi connectivity index (χ1) is 14.2. The zero-order valence-corrected chi connectivity index (χ0v) is 19.3. The molecule has 29 heavy (non-hydrogen) atoms. The van der Waals surface area contributed by atoms with Crippen LogP contribution in [0.25, 0.3) is 0 Å². The molecule has 0 amide bonds. The van der Waals surface area contributed by atoms with E-state index in [0.29, 0.717) is 5.92 Å². The second kappa shape index (κ2) is 14.4. The molecule has 0 N–H and O–H groups in total. The monoisotopic (exact) mass is 396 g/mol. The maximum Gasteiger partial charge on any atom is 0.111 e. The molecule has 0 saturated heterocycles. The fourth-order valence-corrected chi connectivity index (χ4v) is 4.13. The van der Waals surface area contributed by atoms with Gasteiger partial charge in [-0.2, -0.15) is 0 Å². The van der Waals surface area contributed by atoms with Gasteiger partial charge in [-0.05, 0) is 31.2 Å². The lowest BCUT2D eigenvalue weighted by Crippen LogP contribution is -2.04. The van der Waals surface area contributed by atoms with Crippen LogP contribution in [0.3, 0.4) is 0 Å². The van der Waals surface area contributed by atoms with Crippen molar-refractivity contribution in [3.8, 4) is 0 Å². The third kappa shape index (κ3) is 9.65. The van der Waals surface area contributed by atoms with Crippen molar-refractivity contribution in [1.29, 1.82) is 0 Å². The molecule has 1 heterocycles. The van der Waals surface area contributed by atoms with E-state index in [-0.39, 0.29) is 0 Å². The zero-order valence-electron chi connectivity index (χ0n) is 19.3. The summed E-state index contributed by atoms with van der Waals surface area (Å²) in [5, 5.41) is 0. The highest BCUT2D eigenvalue weighted by atomic mass is 15.1. The Labute approximate surface area is 180 Å². The van der Waals surface area contributed by atoms with Crippen LogP contribution >= 0.6 is 0 Å². The number of benzene rings is 1. The van der Waals surface area contributed by atoms with Crippen LogP contribution < -0.4 is 0 Å². The maximum absolute atomic E-state index is 4.97. The molecule has 2 rings (SSSR count). The van der Waals surface area contributed by atoms with Crippen molar-refractivity contribution < 1.29 is 0 Å². The molecule has 0 bridgehead atoms. The van der Waals surface area contributed by atoms with Crippen molar-refractivity contribution in [3.05, 3.63) is 53.6 Å². The van der Waals surface area contributed by atoms with Gasteiger partial charge in [0.1, 0.15) is 5.82 Å². The summed E-state index contributed by atoms with van der Waals surface area (Å²) in [6.07, 6.45) is 19.7. The van der Waals surface area contributed by atoms with Crippen LogP contribution in [0.2, 0.25) is 0 Å². The Bertz CT molecular complexity index is 642. The van der Waals surface area contributed by atoms with Crippen LogP contribution in [0.15, 0.2) is 36.5 Å². The van der Waals surface area contributed by atoms with Gasteiger partial charge >= 0.3 is 0 Å². The first kappa shape index (κ1) is 23.7. The molecule has 1 aromatic carbocycles. The quantitative estimate of drug-likeness (QED) is 0.262. The number of unbranched alkanes of at least 4 members (excludes halogenated alkanes) is 9. The fourth-order valence-electron chi connectivity index (χ4n) is 4.13. The fraction of sp³-hybridized carbons (Fsp3) is 0.667. The highest BCUT2D eigenvalue weighted by Crippen LogP contribution is 2.18. The van der Waals surface area contributed by atoms with Crippen molar-refractivity contribution in [2.75, 3.05) is 0 Å². The summed E-state index contributed by atoms with van der Waals surface area (Å²) in [7, 11) is 0. The summed E-state index contributed by atoms with van der Waals surface area (Å²) in [5.74, 6) is 1.77. The van der Waals surface area contributed by atoms with Crippen molar-refractivity contribution in [3.63, 3.8) is 0 Å². The van der Waals surface area contributed by atoms with E-state index in [1.54, 1.807) is 0 Å². The number of hydrogen-bond donors (Lipinski definition) is 0. The van der Waals surface area contributed by atoms with Crippen LogP contribution in [0.4, 0.5) is 0 Å². The van der Waals surface area contributed by atoms with Crippen LogP contribution in [-0.2, 0) is 19.4 Å². The van der Waals surface area contributed by atoms with Gasteiger partial charge in [0, 0.05) is 18.7 Å². The molecule has 1 aromatic heterocycles. The summed E-state index contributed by atoms with van der Waals surface area (Å²) < 4.78 is 2.44. The molecule has 0 spiro atoms. The number of aryl methyl sites for hydroxylation is 3. The summed E-state index contributed by atoms with van der Waals surface area (Å²) in [5.41, 5.74) is 2.71. The van der Waals surface area contributed by atoms with Crippen LogP contribution in [0.1, 0.15) is 114 Å². The minimum absolute atomic E-state index is 0.501. The average molecular weight is 397 g/mol. The Morgan fingerprint density at radius 1 is 0.759 bits per heavy atom. The van der Waals surface area contributed by atoms with Crippen molar-refractivity contribution in [2.45, 2.75) is 117 Å². The number of rotatable bonds is 16. The van der Waals surface area contributed by atoms with Gasteiger partial charge in [0.15, 0.2) is 0 Å². The third-order valence-corrected chi connectivity index (χ3v) is 5.87. The SMILES string of the molecule is CCCCCCCCCCCCn1cc(CCCc2ccccc2)nc1C(C)C. The van der Waals surface area contributed by atoms with Crippen molar-refractivity contribution in [2.24, 2.45) is 0 Å². The van der Waals surface area contributed by atoms with Crippen LogP contribution in [-0.4, -0.2) is 9.55 Å². The molecule has 0 atom stereocenters. The van der Waals surface area contributed by atoms with Crippen LogP contribution in [0, 0.1) is 0 Å². The Hall–Kier alpha value is -1.57. The van der Waals surface area contributed by atoms with E-state index in [1.807, 2.05) is 0 Å². The molecule has 162 valence electrons. The van der Waals surface area contributed by atoms with E-state index in [2.05, 4.69) is 61.9 Å². The van der Waals surface area contributed by atoms with E-state index in [9.17, 15) is 0 Å². The Morgan fingerprint density at radius 2 is 1.38 bits per heavy atom. The molecule has 0 aliphatic heterocycles. The number of aromatic nitrogens is 2. The molecule has 0 aliphatic carbocycles. The number of imidazole rings is 1. The largest absolute Gasteiger partial charge is 0.334 e. The van der Waals surface area contributed by atoms with E-state index in [1.165, 1.54) is 87.7 Å². The minimum Gasteiger partial charge on any atom is -0.334 e. The summed E-state index contributed by atoms with van der Waals surface area (Å²) in [4.78, 5) is 4.97. The number of hydrogen-bond acceptors (Lipinski definition) is 1. The van der Waals surface area contributed by atoms with Crippen molar-refractivity contribution in [1.82, 2.24) is 9.55 Å². The molecule has 0 radical (unpaired) electrons. The number of nitrogens with zero attached hydrogens (tertiary/aromatic N) is 2. The second-order valence-corrected chi connectivity index (χ2v) is 8.96. The first-order valence-electron chi connectivity index (χ1n) is 12.3. The lowest BCUT2D eigenvalue weighted by atomic mass is 10.1. The summed E-state index contributed by atoms with van der Waals surface area (Å²) >= 11 is 0. The highest BCUT2D eigenvalue weighted by Gasteiger charge is 2.11. The van der Waals surface area contributed by atoms with E-state index < -0.39 is 0 Å². The van der Waals surface area contributed by atoms with Gasteiger partial charge in [-0.3, -0.25) is 0 Å². The lowest BCUT2D eigenvalue weighted by molar-refractivity contribution is 0.523. The van der Waals surface area contributed by atoms with E-state index >= 15 is 0 Å². The zero-order chi connectivity index (χ0) is 20.7. The van der Waals surface area contributed by atoms with Crippen molar-refractivity contribution >= 4 is 0 Å². The second-order valence-electron chi connectivity index (χ2n) is 8.96. The van der Waals surface area contributed by atoms with Gasteiger partial charge in [-0.15, -0.1) is 0 Å².